The third-order valence-corrected chi connectivity index (χ3v) is 5.25. The van der Waals surface area contributed by atoms with Gasteiger partial charge >= 0.3 is 0 Å². The smallest absolute Gasteiger partial charge is 0.274 e. The summed E-state index contributed by atoms with van der Waals surface area (Å²) in [5.41, 5.74) is 4.31. The molecule has 0 aliphatic rings. The van der Waals surface area contributed by atoms with Gasteiger partial charge in [0.1, 0.15) is 5.69 Å². The maximum atomic E-state index is 13.0. The molecule has 0 aliphatic heterocycles. The second kappa shape index (κ2) is 7.32. The van der Waals surface area contributed by atoms with Crippen LogP contribution in [0, 0.1) is 6.92 Å². The first-order valence-electron chi connectivity index (χ1n) is 9.20. The third kappa shape index (κ3) is 3.38. The first-order chi connectivity index (χ1) is 13.9. The molecule has 0 spiro atoms. The monoisotopic (exact) mass is 412 g/mol. The van der Waals surface area contributed by atoms with E-state index in [1.807, 2.05) is 27.0 Å². The number of rotatable bonds is 5. The van der Waals surface area contributed by atoms with E-state index in [2.05, 4.69) is 20.3 Å². The molecule has 150 valence electrons. The topological polar surface area (TPSA) is 86.1 Å². The van der Waals surface area contributed by atoms with Crippen LogP contribution in [-0.2, 0) is 20.1 Å². The summed E-state index contributed by atoms with van der Waals surface area (Å²) >= 11 is 6.23. The number of aromatic nitrogens is 7. The van der Waals surface area contributed by atoms with Gasteiger partial charge in [0, 0.05) is 50.4 Å². The number of carbonyl (C=O) groups excluding carboxylic acids is 1. The molecule has 0 fully saturated rings. The highest BCUT2D eigenvalue weighted by Gasteiger charge is 2.20. The van der Waals surface area contributed by atoms with Crippen LogP contribution in [0.5, 0.6) is 0 Å². The molecule has 4 heterocycles. The van der Waals surface area contributed by atoms with Crippen LogP contribution >= 0.6 is 11.6 Å². The molecule has 9 nitrogen and oxygen atoms in total. The van der Waals surface area contributed by atoms with Gasteiger partial charge in [0.05, 0.1) is 23.5 Å². The minimum Gasteiger partial charge on any atom is -0.334 e. The highest BCUT2D eigenvalue weighted by Crippen LogP contribution is 2.23. The van der Waals surface area contributed by atoms with E-state index >= 15 is 0 Å². The lowest BCUT2D eigenvalue weighted by Gasteiger charge is -2.14. The molecule has 4 rings (SSSR count). The quantitative estimate of drug-likeness (QED) is 0.503. The third-order valence-electron chi connectivity index (χ3n) is 4.93. The van der Waals surface area contributed by atoms with Crippen LogP contribution in [0.1, 0.15) is 28.8 Å². The average molecular weight is 413 g/mol. The molecular weight excluding hydrogens is 392 g/mol. The van der Waals surface area contributed by atoms with Gasteiger partial charge in [-0.25, -0.2) is 9.50 Å². The predicted molar refractivity (Wildman–Crippen MR) is 109 cm³/mol. The predicted octanol–water partition coefficient (Wildman–Crippen LogP) is 2.58. The van der Waals surface area contributed by atoms with Crippen molar-refractivity contribution in [3.05, 3.63) is 52.8 Å². The maximum absolute atomic E-state index is 13.0. The van der Waals surface area contributed by atoms with Crippen molar-refractivity contribution in [2.75, 3.05) is 7.05 Å². The zero-order valence-electron chi connectivity index (χ0n) is 16.7. The zero-order valence-corrected chi connectivity index (χ0v) is 17.4. The van der Waals surface area contributed by atoms with E-state index in [0.29, 0.717) is 35.1 Å². The van der Waals surface area contributed by atoms with Crippen LogP contribution in [0.3, 0.4) is 0 Å². The fourth-order valence-electron chi connectivity index (χ4n) is 3.15. The average Bonchev–Trinajstić information content (AvgIpc) is 3.39. The minimum absolute atomic E-state index is 0.230. The molecule has 4 aromatic heterocycles. The van der Waals surface area contributed by atoms with Gasteiger partial charge in [0.25, 0.3) is 5.91 Å². The summed E-state index contributed by atoms with van der Waals surface area (Å²) < 4.78 is 5.21. The minimum atomic E-state index is -0.230. The molecule has 4 aromatic rings. The van der Waals surface area contributed by atoms with E-state index in [1.54, 1.807) is 50.5 Å². The van der Waals surface area contributed by atoms with Crippen LogP contribution < -0.4 is 0 Å². The Morgan fingerprint density at radius 3 is 2.76 bits per heavy atom. The highest BCUT2D eigenvalue weighted by molar-refractivity contribution is 6.31. The second-order valence-electron chi connectivity index (χ2n) is 6.84. The standard InChI is InChI=1S/C19H21ClN8O/c1-5-27-10-14(20)16(23-27)11-25(3)19(29)15-8-18-21-7-6-17(28(18)24-15)13-9-22-26(4)12(13)2/h6-10H,5,11H2,1-4H3. The summed E-state index contributed by atoms with van der Waals surface area (Å²) in [4.78, 5) is 18.8. The van der Waals surface area contributed by atoms with Gasteiger partial charge in [0.15, 0.2) is 11.3 Å². The van der Waals surface area contributed by atoms with E-state index in [9.17, 15) is 4.79 Å². The van der Waals surface area contributed by atoms with Crippen molar-refractivity contribution in [3.63, 3.8) is 0 Å². The number of halogens is 1. The molecule has 0 saturated heterocycles. The number of aryl methyl sites for hydroxylation is 2. The Morgan fingerprint density at radius 2 is 2.10 bits per heavy atom. The summed E-state index contributed by atoms with van der Waals surface area (Å²) in [6.45, 7) is 4.97. The molecule has 0 aliphatic carbocycles. The molecule has 0 saturated carbocycles. The van der Waals surface area contributed by atoms with Crippen molar-refractivity contribution < 1.29 is 4.79 Å². The summed E-state index contributed by atoms with van der Waals surface area (Å²) in [6.07, 6.45) is 5.24. The Morgan fingerprint density at radius 1 is 1.31 bits per heavy atom. The summed E-state index contributed by atoms with van der Waals surface area (Å²) in [5.74, 6) is -0.230. The van der Waals surface area contributed by atoms with E-state index in [1.165, 1.54) is 0 Å². The largest absolute Gasteiger partial charge is 0.334 e. The number of fused-ring (bicyclic) bond motifs is 1. The molecule has 1 amide bonds. The van der Waals surface area contributed by atoms with Crippen LogP contribution in [0.4, 0.5) is 0 Å². The number of amides is 1. The molecular formula is C19H21ClN8O. The number of hydrogen-bond donors (Lipinski definition) is 0. The van der Waals surface area contributed by atoms with Crippen LogP contribution in [0.25, 0.3) is 16.9 Å². The molecule has 0 radical (unpaired) electrons. The number of hydrogen-bond acceptors (Lipinski definition) is 5. The Kier molecular flexibility index (Phi) is 4.83. The lowest BCUT2D eigenvalue weighted by atomic mass is 10.2. The van der Waals surface area contributed by atoms with Crippen molar-refractivity contribution in [1.82, 2.24) is 39.1 Å². The molecule has 0 N–H and O–H groups in total. The molecule has 0 atom stereocenters. The summed E-state index contributed by atoms with van der Waals surface area (Å²) in [7, 11) is 3.59. The molecule has 29 heavy (non-hydrogen) atoms. The SMILES string of the molecule is CCn1cc(Cl)c(CN(C)C(=O)c2cc3nccc(-c4cnn(C)c4C)n3n2)n1. The van der Waals surface area contributed by atoms with E-state index in [0.717, 1.165) is 17.0 Å². The molecule has 10 heteroatoms. The fourth-order valence-corrected chi connectivity index (χ4v) is 3.36. The first-order valence-corrected chi connectivity index (χ1v) is 9.58. The van der Waals surface area contributed by atoms with Crippen LogP contribution in [0.15, 0.2) is 30.7 Å². The van der Waals surface area contributed by atoms with Crippen molar-refractivity contribution in [3.8, 4) is 11.3 Å². The molecule has 0 aromatic carbocycles. The van der Waals surface area contributed by atoms with Gasteiger partial charge in [-0.05, 0) is 19.9 Å². The lowest BCUT2D eigenvalue weighted by molar-refractivity contribution is 0.0777. The molecule has 0 unspecified atom stereocenters. The molecule has 0 bridgehead atoms. The summed E-state index contributed by atoms with van der Waals surface area (Å²) in [5, 5.41) is 13.7. The lowest BCUT2D eigenvalue weighted by Crippen LogP contribution is -2.27. The van der Waals surface area contributed by atoms with Gasteiger partial charge in [-0.1, -0.05) is 11.6 Å². The Labute approximate surface area is 172 Å². The van der Waals surface area contributed by atoms with Gasteiger partial charge in [-0.3, -0.25) is 14.2 Å². The van der Waals surface area contributed by atoms with E-state index in [-0.39, 0.29) is 5.91 Å². The normalized spacial score (nSPS) is 11.3. The Hall–Kier alpha value is -3.20. The van der Waals surface area contributed by atoms with Crippen molar-refractivity contribution in [2.45, 2.75) is 26.9 Å². The van der Waals surface area contributed by atoms with E-state index < -0.39 is 0 Å². The summed E-state index contributed by atoms with van der Waals surface area (Å²) in [6, 6.07) is 3.54. The second-order valence-corrected chi connectivity index (χ2v) is 7.24. The fraction of sp³-hybridized carbons (Fsp3) is 0.316. The maximum Gasteiger partial charge on any atom is 0.274 e. The van der Waals surface area contributed by atoms with Crippen molar-refractivity contribution in [1.29, 1.82) is 0 Å². The van der Waals surface area contributed by atoms with Crippen LogP contribution in [0.2, 0.25) is 5.02 Å². The van der Waals surface area contributed by atoms with Gasteiger partial charge in [-0.2, -0.15) is 15.3 Å². The van der Waals surface area contributed by atoms with Gasteiger partial charge in [-0.15, -0.1) is 0 Å². The Bertz CT molecular complexity index is 1200. The van der Waals surface area contributed by atoms with Crippen LogP contribution in [-0.4, -0.2) is 52.0 Å². The first kappa shape index (κ1) is 19.1. The van der Waals surface area contributed by atoms with E-state index in [4.69, 9.17) is 11.6 Å². The number of carbonyl (C=O) groups is 1. The highest BCUT2D eigenvalue weighted by atomic mass is 35.5. The van der Waals surface area contributed by atoms with Crippen molar-refractivity contribution >= 4 is 23.2 Å². The Balaban J connectivity index is 1.65. The van der Waals surface area contributed by atoms with Crippen molar-refractivity contribution in [2.24, 2.45) is 7.05 Å². The zero-order chi connectivity index (χ0) is 20.7. The van der Waals surface area contributed by atoms with Gasteiger partial charge < -0.3 is 4.90 Å². The number of nitrogens with zero attached hydrogens (tertiary/aromatic N) is 8. The van der Waals surface area contributed by atoms with Gasteiger partial charge in [0.2, 0.25) is 0 Å².